The molecule has 0 aliphatic heterocycles. The molecule has 2 rings (SSSR count). The number of aryl methyl sites for hydroxylation is 1. The van der Waals surface area contributed by atoms with E-state index in [1.165, 1.54) is 6.07 Å². The standard InChI is InChI=1S/C12H10Br2F2N2O/c1-2-18-11(7(13)5-17-18)12(19)6-3-4-8(15)10(16)9(6)14/h3-5,12,19H,2H2,1H3. The minimum atomic E-state index is -1.11. The predicted molar refractivity (Wildman–Crippen MR) is 73.7 cm³/mol. The lowest BCUT2D eigenvalue weighted by Gasteiger charge is -2.15. The molecule has 1 unspecified atom stereocenters. The number of aromatic nitrogens is 2. The second-order valence-corrected chi connectivity index (χ2v) is 5.51. The van der Waals surface area contributed by atoms with E-state index in [2.05, 4.69) is 37.0 Å². The Morgan fingerprint density at radius 3 is 2.68 bits per heavy atom. The number of nitrogens with zero attached hydrogens (tertiary/aromatic N) is 2. The Kier molecular flexibility index (Phi) is 4.37. The number of aliphatic hydroxyl groups is 1. The van der Waals surface area contributed by atoms with Crippen molar-refractivity contribution in [2.45, 2.75) is 19.6 Å². The van der Waals surface area contributed by atoms with Crippen LogP contribution in [0.15, 0.2) is 27.3 Å². The maximum Gasteiger partial charge on any atom is 0.173 e. The van der Waals surface area contributed by atoms with Crippen LogP contribution in [0.25, 0.3) is 0 Å². The lowest BCUT2D eigenvalue weighted by molar-refractivity contribution is 0.205. The van der Waals surface area contributed by atoms with Gasteiger partial charge in [-0.15, -0.1) is 0 Å². The van der Waals surface area contributed by atoms with Crippen LogP contribution in [0.1, 0.15) is 24.3 Å². The highest BCUT2D eigenvalue weighted by Gasteiger charge is 2.23. The number of hydrogen-bond donors (Lipinski definition) is 1. The number of benzene rings is 1. The Labute approximate surface area is 125 Å². The first-order valence-electron chi connectivity index (χ1n) is 5.50. The molecule has 0 aliphatic carbocycles. The molecule has 0 amide bonds. The van der Waals surface area contributed by atoms with Crippen LogP contribution in [-0.4, -0.2) is 14.9 Å². The van der Waals surface area contributed by atoms with Crippen molar-refractivity contribution in [3.63, 3.8) is 0 Å². The highest BCUT2D eigenvalue weighted by Crippen LogP contribution is 2.34. The summed E-state index contributed by atoms with van der Waals surface area (Å²) in [5, 5.41) is 14.4. The van der Waals surface area contributed by atoms with E-state index in [4.69, 9.17) is 0 Å². The number of halogens is 4. The number of rotatable bonds is 3. The van der Waals surface area contributed by atoms with E-state index in [-0.39, 0.29) is 10.0 Å². The van der Waals surface area contributed by atoms with Crippen LogP contribution in [0, 0.1) is 11.6 Å². The lowest BCUT2D eigenvalue weighted by Crippen LogP contribution is -2.11. The molecule has 0 saturated heterocycles. The summed E-state index contributed by atoms with van der Waals surface area (Å²) in [5.74, 6) is -1.99. The molecule has 0 fully saturated rings. The molecular weight excluding hydrogens is 386 g/mol. The van der Waals surface area contributed by atoms with Crippen LogP contribution in [0.3, 0.4) is 0 Å². The Bertz CT molecular complexity index is 616. The van der Waals surface area contributed by atoms with Gasteiger partial charge in [0, 0.05) is 12.1 Å². The molecule has 1 heterocycles. The van der Waals surface area contributed by atoms with Gasteiger partial charge in [0.1, 0.15) is 6.10 Å². The van der Waals surface area contributed by atoms with E-state index in [9.17, 15) is 13.9 Å². The number of hydrogen-bond acceptors (Lipinski definition) is 2. The van der Waals surface area contributed by atoms with E-state index in [1.54, 1.807) is 10.9 Å². The summed E-state index contributed by atoms with van der Waals surface area (Å²) < 4.78 is 28.7. The fourth-order valence-corrected chi connectivity index (χ4v) is 2.85. The van der Waals surface area contributed by atoms with Crippen LogP contribution >= 0.6 is 31.9 Å². The van der Waals surface area contributed by atoms with E-state index in [0.717, 1.165) is 6.07 Å². The minimum Gasteiger partial charge on any atom is -0.382 e. The topological polar surface area (TPSA) is 38.0 Å². The monoisotopic (exact) mass is 394 g/mol. The Hall–Kier alpha value is -0.790. The van der Waals surface area contributed by atoms with Gasteiger partial charge in [-0.25, -0.2) is 8.78 Å². The molecule has 0 saturated carbocycles. The summed E-state index contributed by atoms with van der Waals surface area (Å²) in [6, 6.07) is 2.33. The van der Waals surface area contributed by atoms with Crippen LogP contribution < -0.4 is 0 Å². The van der Waals surface area contributed by atoms with Crippen LogP contribution in [0.5, 0.6) is 0 Å². The van der Waals surface area contributed by atoms with Gasteiger partial charge in [0.2, 0.25) is 0 Å². The molecule has 102 valence electrons. The Morgan fingerprint density at radius 2 is 2.05 bits per heavy atom. The molecule has 1 atom stereocenters. The van der Waals surface area contributed by atoms with Gasteiger partial charge in [0.25, 0.3) is 0 Å². The third-order valence-electron chi connectivity index (χ3n) is 2.75. The molecule has 3 nitrogen and oxygen atoms in total. The Morgan fingerprint density at radius 1 is 1.37 bits per heavy atom. The van der Waals surface area contributed by atoms with Gasteiger partial charge < -0.3 is 5.11 Å². The molecule has 7 heteroatoms. The van der Waals surface area contributed by atoms with E-state index in [0.29, 0.717) is 16.7 Å². The van der Waals surface area contributed by atoms with Crippen molar-refractivity contribution < 1.29 is 13.9 Å². The molecule has 1 aromatic carbocycles. The van der Waals surface area contributed by atoms with Crippen molar-refractivity contribution in [2.24, 2.45) is 0 Å². The average Bonchev–Trinajstić information content (AvgIpc) is 2.76. The van der Waals surface area contributed by atoms with Crippen LogP contribution in [0.2, 0.25) is 0 Å². The summed E-state index contributed by atoms with van der Waals surface area (Å²) in [4.78, 5) is 0. The largest absolute Gasteiger partial charge is 0.382 e. The van der Waals surface area contributed by atoms with Gasteiger partial charge in [-0.2, -0.15) is 5.10 Å². The van der Waals surface area contributed by atoms with Gasteiger partial charge in [-0.1, -0.05) is 6.07 Å². The van der Waals surface area contributed by atoms with Crippen molar-refractivity contribution in [3.05, 3.63) is 50.2 Å². The summed E-state index contributed by atoms with van der Waals surface area (Å²) in [6.45, 7) is 2.43. The van der Waals surface area contributed by atoms with E-state index in [1.807, 2.05) is 6.92 Å². The van der Waals surface area contributed by atoms with Crippen LogP contribution in [-0.2, 0) is 6.54 Å². The highest BCUT2D eigenvalue weighted by molar-refractivity contribution is 9.10. The lowest BCUT2D eigenvalue weighted by atomic mass is 10.1. The first kappa shape index (κ1) is 14.6. The van der Waals surface area contributed by atoms with Gasteiger partial charge >= 0.3 is 0 Å². The van der Waals surface area contributed by atoms with Crippen molar-refractivity contribution in [3.8, 4) is 0 Å². The summed E-state index contributed by atoms with van der Waals surface area (Å²) >= 11 is 6.26. The minimum absolute atomic E-state index is 0.0873. The molecule has 0 aliphatic rings. The molecular formula is C12H10Br2F2N2O. The molecule has 1 aromatic heterocycles. The van der Waals surface area contributed by atoms with E-state index < -0.39 is 17.7 Å². The third kappa shape index (κ3) is 2.59. The second kappa shape index (κ2) is 5.68. The van der Waals surface area contributed by atoms with Gasteiger partial charge in [-0.05, 0) is 44.8 Å². The average molecular weight is 396 g/mol. The first-order valence-corrected chi connectivity index (χ1v) is 7.08. The molecule has 2 aromatic rings. The molecule has 0 bridgehead atoms. The quantitative estimate of drug-likeness (QED) is 0.803. The zero-order valence-corrected chi connectivity index (χ0v) is 13.0. The van der Waals surface area contributed by atoms with E-state index >= 15 is 0 Å². The second-order valence-electron chi connectivity index (χ2n) is 3.86. The zero-order chi connectivity index (χ0) is 14.2. The van der Waals surface area contributed by atoms with Crippen LogP contribution in [0.4, 0.5) is 8.78 Å². The summed E-state index contributed by atoms with van der Waals surface area (Å²) in [7, 11) is 0. The summed E-state index contributed by atoms with van der Waals surface area (Å²) in [5.41, 5.74) is 0.740. The molecule has 0 spiro atoms. The maximum absolute atomic E-state index is 13.5. The normalized spacial score (nSPS) is 12.7. The molecule has 1 N–H and O–H groups in total. The van der Waals surface area contributed by atoms with Crippen molar-refractivity contribution in [1.29, 1.82) is 0 Å². The summed E-state index contributed by atoms with van der Waals surface area (Å²) in [6.07, 6.45) is 0.442. The van der Waals surface area contributed by atoms with Crippen molar-refractivity contribution in [1.82, 2.24) is 9.78 Å². The fourth-order valence-electron chi connectivity index (χ4n) is 1.80. The third-order valence-corrected chi connectivity index (χ3v) is 4.17. The fraction of sp³-hybridized carbons (Fsp3) is 0.250. The first-order chi connectivity index (χ1) is 8.97. The number of aliphatic hydroxyl groups excluding tert-OH is 1. The van der Waals surface area contributed by atoms with Gasteiger partial charge in [-0.3, -0.25) is 4.68 Å². The predicted octanol–water partition coefficient (Wildman–Crippen LogP) is 3.79. The highest BCUT2D eigenvalue weighted by atomic mass is 79.9. The van der Waals surface area contributed by atoms with Gasteiger partial charge in [0.05, 0.1) is 20.8 Å². The zero-order valence-electron chi connectivity index (χ0n) is 9.87. The smallest absolute Gasteiger partial charge is 0.173 e. The Balaban J connectivity index is 2.53. The SMILES string of the molecule is CCn1ncc(Br)c1C(O)c1ccc(F)c(F)c1Br. The molecule has 0 radical (unpaired) electrons. The van der Waals surface area contributed by atoms with Gasteiger partial charge in [0.15, 0.2) is 11.6 Å². The van der Waals surface area contributed by atoms with Crippen molar-refractivity contribution in [2.75, 3.05) is 0 Å². The molecule has 19 heavy (non-hydrogen) atoms. The maximum atomic E-state index is 13.5. The van der Waals surface area contributed by atoms with Crippen molar-refractivity contribution >= 4 is 31.9 Å².